The Bertz CT molecular complexity index is 1250. The predicted octanol–water partition coefficient (Wildman–Crippen LogP) is 5.09. The molecule has 172 valence electrons. The summed E-state index contributed by atoms with van der Waals surface area (Å²) < 4.78 is 73.2. The number of ether oxygens (including phenoxy) is 1. The Hall–Kier alpha value is -3.76. The van der Waals surface area contributed by atoms with E-state index in [4.69, 9.17) is 0 Å². The Morgan fingerprint density at radius 1 is 1.09 bits per heavy atom. The van der Waals surface area contributed by atoms with Crippen LogP contribution >= 0.6 is 0 Å². The van der Waals surface area contributed by atoms with E-state index in [1.807, 2.05) is 0 Å². The third-order valence-corrected chi connectivity index (χ3v) is 5.14. The summed E-state index contributed by atoms with van der Waals surface area (Å²) in [5.74, 6) is -4.26. The summed E-state index contributed by atoms with van der Waals surface area (Å²) in [7, 11) is 1.02. The number of benzene rings is 2. The molecule has 0 unspecified atom stereocenters. The summed E-state index contributed by atoms with van der Waals surface area (Å²) in [4.78, 5) is 24.6. The molecule has 0 saturated heterocycles. The number of carbonyl (C=O) groups is 2. The summed E-state index contributed by atoms with van der Waals surface area (Å²) in [6.45, 7) is 0. The minimum atomic E-state index is -4.55. The molecule has 11 heteroatoms. The molecule has 3 aromatic rings. The lowest BCUT2D eigenvalue weighted by molar-refractivity contribution is -0.137. The number of hydrogen-bond acceptors (Lipinski definition) is 4. The van der Waals surface area contributed by atoms with E-state index in [-0.39, 0.29) is 17.2 Å². The standard InChI is InChI=1S/C22H16F5N3O3/c1-33-21(32)14-8-18(17(24)9-16(14)23)29-20(31)15-10-28-30(19(15)11-5-6-11)13-4-2-3-12(7-13)22(25,26)27/h2-4,7-11H,5-6H2,1H3,(H,29,31). The molecule has 1 aliphatic rings. The normalized spacial score (nSPS) is 13.6. The van der Waals surface area contributed by atoms with Gasteiger partial charge >= 0.3 is 12.1 Å². The molecule has 1 fully saturated rings. The number of carbonyl (C=O) groups excluding carboxylic acids is 2. The number of methoxy groups -OCH3 is 1. The highest BCUT2D eigenvalue weighted by molar-refractivity contribution is 6.06. The van der Waals surface area contributed by atoms with E-state index in [1.54, 1.807) is 0 Å². The van der Waals surface area contributed by atoms with Gasteiger partial charge in [-0.2, -0.15) is 18.3 Å². The van der Waals surface area contributed by atoms with Crippen molar-refractivity contribution in [3.05, 3.63) is 76.6 Å². The molecule has 33 heavy (non-hydrogen) atoms. The molecule has 1 amide bonds. The lowest BCUT2D eigenvalue weighted by Gasteiger charge is -2.12. The second-order valence-corrected chi connectivity index (χ2v) is 7.44. The van der Waals surface area contributed by atoms with Crippen LogP contribution < -0.4 is 5.32 Å². The molecule has 0 radical (unpaired) electrons. The van der Waals surface area contributed by atoms with Crippen LogP contribution in [-0.4, -0.2) is 28.8 Å². The highest BCUT2D eigenvalue weighted by Crippen LogP contribution is 2.43. The Kier molecular flexibility index (Phi) is 5.64. The van der Waals surface area contributed by atoms with E-state index in [0.29, 0.717) is 24.6 Å². The van der Waals surface area contributed by atoms with Gasteiger partial charge in [0.2, 0.25) is 0 Å². The second-order valence-electron chi connectivity index (χ2n) is 7.44. The van der Waals surface area contributed by atoms with Crippen LogP contribution in [-0.2, 0) is 10.9 Å². The number of esters is 1. The molecule has 0 bridgehead atoms. The van der Waals surface area contributed by atoms with E-state index in [2.05, 4.69) is 15.2 Å². The van der Waals surface area contributed by atoms with Crippen molar-refractivity contribution in [2.45, 2.75) is 24.9 Å². The summed E-state index contributed by atoms with van der Waals surface area (Å²) in [6, 6.07) is 5.76. The summed E-state index contributed by atoms with van der Waals surface area (Å²) >= 11 is 0. The highest BCUT2D eigenvalue weighted by Gasteiger charge is 2.35. The summed E-state index contributed by atoms with van der Waals surface area (Å²) in [5.41, 5.74) is -1.38. The van der Waals surface area contributed by atoms with Crippen LogP contribution in [0.3, 0.4) is 0 Å². The number of nitrogens with one attached hydrogen (secondary N) is 1. The van der Waals surface area contributed by atoms with Gasteiger partial charge in [0.05, 0.1) is 47.1 Å². The first-order valence-electron chi connectivity index (χ1n) is 9.74. The van der Waals surface area contributed by atoms with Crippen molar-refractivity contribution in [2.75, 3.05) is 12.4 Å². The van der Waals surface area contributed by atoms with Crippen molar-refractivity contribution in [1.29, 1.82) is 0 Å². The fourth-order valence-electron chi connectivity index (χ4n) is 3.40. The van der Waals surface area contributed by atoms with E-state index in [1.165, 1.54) is 23.0 Å². The third-order valence-electron chi connectivity index (χ3n) is 5.14. The molecule has 1 saturated carbocycles. The van der Waals surface area contributed by atoms with Crippen molar-refractivity contribution in [3.63, 3.8) is 0 Å². The number of amides is 1. The number of alkyl halides is 3. The van der Waals surface area contributed by atoms with E-state index < -0.39 is 46.5 Å². The second kappa shape index (κ2) is 8.30. The lowest BCUT2D eigenvalue weighted by atomic mass is 10.1. The zero-order valence-corrected chi connectivity index (χ0v) is 17.0. The van der Waals surface area contributed by atoms with Gasteiger partial charge in [-0.25, -0.2) is 18.3 Å². The molecule has 0 aliphatic heterocycles. The minimum absolute atomic E-state index is 0.0262. The molecule has 2 aromatic carbocycles. The Morgan fingerprint density at radius 2 is 1.82 bits per heavy atom. The fraction of sp³-hybridized carbons (Fsp3) is 0.227. The van der Waals surface area contributed by atoms with Crippen molar-refractivity contribution < 1.29 is 36.3 Å². The van der Waals surface area contributed by atoms with Crippen molar-refractivity contribution >= 4 is 17.6 Å². The van der Waals surface area contributed by atoms with Gasteiger partial charge in [-0.05, 0) is 37.1 Å². The van der Waals surface area contributed by atoms with Crippen LogP contribution in [0.15, 0.2) is 42.6 Å². The first kappa shape index (κ1) is 22.4. The Labute approximate surface area is 184 Å². The third kappa shape index (κ3) is 4.43. The van der Waals surface area contributed by atoms with Gasteiger partial charge in [-0.15, -0.1) is 0 Å². The molecular weight excluding hydrogens is 449 g/mol. The molecule has 1 aliphatic carbocycles. The number of nitrogens with zero attached hydrogens (tertiary/aromatic N) is 2. The largest absolute Gasteiger partial charge is 0.465 e. The van der Waals surface area contributed by atoms with Crippen LogP contribution in [0.4, 0.5) is 27.6 Å². The van der Waals surface area contributed by atoms with Crippen LogP contribution in [0.1, 0.15) is 50.7 Å². The van der Waals surface area contributed by atoms with Crippen LogP contribution in [0, 0.1) is 11.6 Å². The van der Waals surface area contributed by atoms with Gasteiger partial charge < -0.3 is 10.1 Å². The van der Waals surface area contributed by atoms with Crippen LogP contribution in [0.25, 0.3) is 5.69 Å². The molecule has 0 atom stereocenters. The maximum atomic E-state index is 14.2. The van der Waals surface area contributed by atoms with Crippen molar-refractivity contribution in [3.8, 4) is 5.69 Å². The minimum Gasteiger partial charge on any atom is -0.465 e. The van der Waals surface area contributed by atoms with Gasteiger partial charge in [0.15, 0.2) is 0 Å². The quantitative estimate of drug-likeness (QED) is 0.421. The number of anilines is 1. The zero-order valence-electron chi connectivity index (χ0n) is 17.0. The van der Waals surface area contributed by atoms with Gasteiger partial charge in [0.25, 0.3) is 5.91 Å². The molecule has 1 heterocycles. The SMILES string of the molecule is COC(=O)c1cc(NC(=O)c2cnn(-c3cccc(C(F)(F)F)c3)c2C2CC2)c(F)cc1F. The van der Waals surface area contributed by atoms with Gasteiger partial charge in [0, 0.05) is 12.0 Å². The van der Waals surface area contributed by atoms with E-state index >= 15 is 0 Å². The summed E-state index contributed by atoms with van der Waals surface area (Å²) in [6.07, 6.45) is -1.99. The smallest absolute Gasteiger partial charge is 0.416 e. The van der Waals surface area contributed by atoms with Crippen LogP contribution in [0.5, 0.6) is 0 Å². The topological polar surface area (TPSA) is 73.2 Å². The van der Waals surface area contributed by atoms with Crippen LogP contribution in [0.2, 0.25) is 0 Å². The fourth-order valence-corrected chi connectivity index (χ4v) is 3.40. The van der Waals surface area contributed by atoms with E-state index in [0.717, 1.165) is 25.3 Å². The first-order chi connectivity index (χ1) is 15.6. The molecule has 1 N–H and O–H groups in total. The van der Waals surface area contributed by atoms with Gasteiger partial charge in [-0.1, -0.05) is 6.07 Å². The van der Waals surface area contributed by atoms with Gasteiger partial charge in [0.1, 0.15) is 11.6 Å². The number of hydrogen-bond donors (Lipinski definition) is 1. The maximum Gasteiger partial charge on any atom is 0.416 e. The maximum absolute atomic E-state index is 14.2. The Balaban J connectivity index is 1.70. The van der Waals surface area contributed by atoms with Crippen molar-refractivity contribution in [2.24, 2.45) is 0 Å². The average Bonchev–Trinajstić information content (AvgIpc) is 3.51. The monoisotopic (exact) mass is 465 g/mol. The number of rotatable bonds is 5. The Morgan fingerprint density at radius 3 is 2.45 bits per heavy atom. The first-order valence-corrected chi connectivity index (χ1v) is 9.74. The molecular formula is C22H16F5N3O3. The number of aromatic nitrogens is 2. The van der Waals surface area contributed by atoms with Gasteiger partial charge in [-0.3, -0.25) is 4.79 Å². The van der Waals surface area contributed by atoms with E-state index in [9.17, 15) is 31.5 Å². The highest BCUT2D eigenvalue weighted by atomic mass is 19.4. The molecule has 6 nitrogen and oxygen atoms in total. The lowest BCUT2D eigenvalue weighted by Crippen LogP contribution is -2.16. The summed E-state index contributed by atoms with van der Waals surface area (Å²) in [5, 5.41) is 6.36. The van der Waals surface area contributed by atoms with Crippen molar-refractivity contribution in [1.82, 2.24) is 9.78 Å². The molecule has 0 spiro atoms. The predicted molar refractivity (Wildman–Crippen MR) is 106 cm³/mol. The molecule has 4 rings (SSSR count). The molecule has 1 aromatic heterocycles. The number of halogens is 5. The zero-order chi connectivity index (χ0) is 23.9. The average molecular weight is 465 g/mol.